The number of carbonyl (C=O) groups excluding carboxylic acids is 3. The minimum Gasteiger partial charge on any atom is -0.445 e. The fourth-order valence-electron chi connectivity index (χ4n) is 4.08. The number of carbonyl (C=O) groups is 3. The Labute approximate surface area is 187 Å². The molecular formula is C24H29N3O5. The first-order valence-electron chi connectivity index (χ1n) is 10.6. The highest BCUT2D eigenvalue weighted by Gasteiger charge is 2.51. The minimum atomic E-state index is -1.27. The number of ether oxygens (including phenoxy) is 1. The maximum Gasteiger partial charge on any atom is 0.411 e. The molecule has 3 atom stereocenters. The molecule has 3 rings (SSSR count). The number of aliphatic hydroxyl groups excluding tert-OH is 1. The number of hydrogen-bond donors (Lipinski definition) is 3. The van der Waals surface area contributed by atoms with E-state index < -0.39 is 35.6 Å². The lowest BCUT2D eigenvalue weighted by Crippen LogP contribution is -2.63. The zero-order valence-electron chi connectivity index (χ0n) is 18.1. The Morgan fingerprint density at radius 1 is 1.09 bits per heavy atom. The summed E-state index contributed by atoms with van der Waals surface area (Å²) in [4.78, 5) is 39.8. The van der Waals surface area contributed by atoms with Crippen LogP contribution in [0.1, 0.15) is 30.9 Å². The molecular weight excluding hydrogens is 410 g/mol. The van der Waals surface area contributed by atoms with E-state index in [1.54, 1.807) is 0 Å². The second-order valence-electron chi connectivity index (χ2n) is 8.08. The lowest BCUT2D eigenvalue weighted by atomic mass is 9.86. The fourth-order valence-corrected chi connectivity index (χ4v) is 4.08. The SMILES string of the molecule is C[C@@H](O)[C@H](NC(=O)[C@@]1(Cc2ccccc2)CCCN1C(=O)OCc1ccccc1)C(N)=O. The molecule has 2 aromatic rings. The van der Waals surface area contributed by atoms with Gasteiger partial charge in [0, 0.05) is 13.0 Å². The molecule has 32 heavy (non-hydrogen) atoms. The van der Waals surface area contributed by atoms with Gasteiger partial charge in [0.15, 0.2) is 0 Å². The Morgan fingerprint density at radius 2 is 1.69 bits per heavy atom. The Morgan fingerprint density at radius 3 is 2.25 bits per heavy atom. The molecule has 2 aromatic carbocycles. The monoisotopic (exact) mass is 439 g/mol. The summed E-state index contributed by atoms with van der Waals surface area (Å²) in [6, 6.07) is 17.3. The van der Waals surface area contributed by atoms with Gasteiger partial charge in [-0.15, -0.1) is 0 Å². The molecule has 3 amide bonds. The van der Waals surface area contributed by atoms with Gasteiger partial charge in [0.25, 0.3) is 0 Å². The zero-order chi connectivity index (χ0) is 23.1. The van der Waals surface area contributed by atoms with Crippen LogP contribution in [-0.4, -0.2) is 52.1 Å². The van der Waals surface area contributed by atoms with Crippen molar-refractivity contribution in [3.8, 4) is 0 Å². The van der Waals surface area contributed by atoms with Gasteiger partial charge in [-0.25, -0.2) is 4.79 Å². The molecule has 1 saturated heterocycles. The van der Waals surface area contributed by atoms with Gasteiger partial charge in [-0.05, 0) is 30.9 Å². The molecule has 0 aromatic heterocycles. The molecule has 0 bridgehead atoms. The summed E-state index contributed by atoms with van der Waals surface area (Å²) < 4.78 is 5.52. The second kappa shape index (κ2) is 10.3. The number of nitrogens with zero attached hydrogens (tertiary/aromatic N) is 1. The smallest absolute Gasteiger partial charge is 0.411 e. The normalized spacial score (nSPS) is 19.8. The first kappa shape index (κ1) is 23.3. The van der Waals surface area contributed by atoms with Gasteiger partial charge < -0.3 is 20.9 Å². The first-order valence-corrected chi connectivity index (χ1v) is 10.6. The molecule has 1 aliphatic rings. The molecule has 1 fully saturated rings. The van der Waals surface area contributed by atoms with Gasteiger partial charge in [0.2, 0.25) is 11.8 Å². The van der Waals surface area contributed by atoms with Crippen molar-refractivity contribution in [2.24, 2.45) is 5.73 Å². The number of aliphatic hydroxyl groups is 1. The van der Waals surface area contributed by atoms with Crippen molar-refractivity contribution in [3.05, 3.63) is 71.8 Å². The zero-order valence-corrected chi connectivity index (χ0v) is 18.1. The average Bonchev–Trinajstić information content (AvgIpc) is 3.21. The third-order valence-corrected chi connectivity index (χ3v) is 5.75. The van der Waals surface area contributed by atoms with Crippen LogP contribution in [0.3, 0.4) is 0 Å². The Balaban J connectivity index is 1.87. The van der Waals surface area contributed by atoms with Crippen molar-refractivity contribution < 1.29 is 24.2 Å². The van der Waals surface area contributed by atoms with Gasteiger partial charge in [-0.3, -0.25) is 14.5 Å². The Hall–Kier alpha value is -3.39. The summed E-state index contributed by atoms with van der Waals surface area (Å²) in [7, 11) is 0. The number of primary amides is 1. The van der Waals surface area contributed by atoms with E-state index in [4.69, 9.17) is 10.5 Å². The summed E-state index contributed by atoms with van der Waals surface area (Å²) in [5.41, 5.74) is 5.80. The third-order valence-electron chi connectivity index (χ3n) is 5.75. The highest BCUT2D eigenvalue weighted by atomic mass is 16.6. The lowest BCUT2D eigenvalue weighted by molar-refractivity contribution is -0.136. The largest absolute Gasteiger partial charge is 0.445 e. The molecule has 1 aliphatic heterocycles. The van der Waals surface area contributed by atoms with E-state index in [1.807, 2.05) is 60.7 Å². The molecule has 4 N–H and O–H groups in total. The van der Waals surface area contributed by atoms with Crippen molar-refractivity contribution in [1.29, 1.82) is 0 Å². The first-order chi connectivity index (χ1) is 15.3. The maximum atomic E-state index is 13.5. The molecule has 0 unspecified atom stereocenters. The van der Waals surface area contributed by atoms with Crippen LogP contribution in [0.4, 0.5) is 4.79 Å². The van der Waals surface area contributed by atoms with Crippen LogP contribution in [0.5, 0.6) is 0 Å². The van der Waals surface area contributed by atoms with Gasteiger partial charge in [0.05, 0.1) is 6.10 Å². The third kappa shape index (κ3) is 5.26. The quantitative estimate of drug-likeness (QED) is 0.578. The minimum absolute atomic E-state index is 0.0802. The van der Waals surface area contributed by atoms with Gasteiger partial charge in [-0.1, -0.05) is 60.7 Å². The predicted octanol–water partition coefficient (Wildman–Crippen LogP) is 1.75. The summed E-state index contributed by atoms with van der Waals surface area (Å²) in [5.74, 6) is -1.39. The number of benzene rings is 2. The fraction of sp³-hybridized carbons (Fsp3) is 0.375. The van der Waals surface area contributed by atoms with Crippen LogP contribution in [0, 0.1) is 0 Å². The van der Waals surface area contributed by atoms with E-state index in [0.717, 1.165) is 11.1 Å². The lowest BCUT2D eigenvalue weighted by Gasteiger charge is -2.37. The van der Waals surface area contributed by atoms with Crippen molar-refractivity contribution >= 4 is 17.9 Å². The summed E-state index contributed by atoms with van der Waals surface area (Å²) >= 11 is 0. The molecule has 0 radical (unpaired) electrons. The van der Waals surface area contributed by atoms with Crippen LogP contribution >= 0.6 is 0 Å². The number of nitrogens with one attached hydrogen (secondary N) is 1. The highest BCUT2D eigenvalue weighted by Crippen LogP contribution is 2.34. The number of amides is 3. The van der Waals surface area contributed by atoms with E-state index in [9.17, 15) is 19.5 Å². The van der Waals surface area contributed by atoms with Gasteiger partial charge in [0.1, 0.15) is 18.2 Å². The van der Waals surface area contributed by atoms with E-state index in [-0.39, 0.29) is 13.0 Å². The number of rotatable bonds is 8. The number of likely N-dealkylation sites (tertiary alicyclic amines) is 1. The topological polar surface area (TPSA) is 122 Å². The van der Waals surface area contributed by atoms with E-state index in [0.29, 0.717) is 19.4 Å². The molecule has 8 heteroatoms. The van der Waals surface area contributed by atoms with Crippen LogP contribution in [0.2, 0.25) is 0 Å². The molecule has 0 spiro atoms. The Kier molecular flexibility index (Phi) is 7.48. The van der Waals surface area contributed by atoms with Crippen LogP contribution < -0.4 is 11.1 Å². The van der Waals surface area contributed by atoms with Gasteiger partial charge in [-0.2, -0.15) is 0 Å². The number of nitrogens with two attached hydrogens (primary N) is 1. The molecule has 0 saturated carbocycles. The molecule has 170 valence electrons. The van der Waals surface area contributed by atoms with E-state index in [2.05, 4.69) is 5.32 Å². The van der Waals surface area contributed by atoms with E-state index in [1.165, 1.54) is 11.8 Å². The van der Waals surface area contributed by atoms with E-state index >= 15 is 0 Å². The standard InChI is InChI=1S/C24H29N3O5/c1-17(28)20(21(25)29)26-22(30)24(15-18-9-4-2-5-10-18)13-8-14-27(24)23(31)32-16-19-11-6-3-7-12-19/h2-7,9-12,17,20,28H,8,13-16H2,1H3,(H2,25,29)(H,26,30)/t17-,20+,24+/m1/s1. The van der Waals surface area contributed by atoms with Crippen molar-refractivity contribution in [1.82, 2.24) is 10.2 Å². The summed E-state index contributed by atoms with van der Waals surface area (Å²) in [6.07, 6.45) is -0.559. The summed E-state index contributed by atoms with van der Waals surface area (Å²) in [6.45, 7) is 1.79. The number of hydrogen-bond acceptors (Lipinski definition) is 5. The molecule has 0 aliphatic carbocycles. The average molecular weight is 440 g/mol. The second-order valence-corrected chi connectivity index (χ2v) is 8.08. The highest BCUT2D eigenvalue weighted by molar-refractivity contribution is 5.94. The van der Waals surface area contributed by atoms with Crippen LogP contribution in [0.25, 0.3) is 0 Å². The molecule has 1 heterocycles. The van der Waals surface area contributed by atoms with Crippen molar-refractivity contribution in [2.45, 2.75) is 50.5 Å². The maximum absolute atomic E-state index is 13.5. The van der Waals surface area contributed by atoms with Crippen LogP contribution in [0.15, 0.2) is 60.7 Å². The van der Waals surface area contributed by atoms with Crippen LogP contribution in [-0.2, 0) is 27.4 Å². The summed E-state index contributed by atoms with van der Waals surface area (Å²) in [5, 5.41) is 12.5. The molecule has 8 nitrogen and oxygen atoms in total. The predicted molar refractivity (Wildman–Crippen MR) is 118 cm³/mol. The Bertz CT molecular complexity index is 935. The van der Waals surface area contributed by atoms with Crippen molar-refractivity contribution in [3.63, 3.8) is 0 Å². The van der Waals surface area contributed by atoms with Crippen molar-refractivity contribution in [2.75, 3.05) is 6.54 Å². The van der Waals surface area contributed by atoms with Gasteiger partial charge >= 0.3 is 6.09 Å².